The van der Waals surface area contributed by atoms with Crippen molar-refractivity contribution in [2.45, 2.75) is 0 Å². The van der Waals surface area contributed by atoms with Crippen molar-refractivity contribution in [2.24, 2.45) is 0 Å². The molecule has 10 rings (SSSR count). The molecule has 0 unspecified atom stereocenters. The van der Waals surface area contributed by atoms with E-state index in [9.17, 15) is 5.26 Å². The van der Waals surface area contributed by atoms with Crippen LogP contribution in [0.15, 0.2) is 206 Å². The predicted molar refractivity (Wildman–Crippen MR) is 244 cm³/mol. The Kier molecular flexibility index (Phi) is 9.19. The van der Waals surface area contributed by atoms with Crippen molar-refractivity contribution >= 4 is 44.6 Å². The zero-order valence-electron chi connectivity index (χ0n) is 32.3. The monoisotopic (exact) mass is 766 g/mol. The fourth-order valence-corrected chi connectivity index (χ4v) is 8.04. The van der Waals surface area contributed by atoms with Gasteiger partial charge in [-0.15, -0.1) is 0 Å². The summed E-state index contributed by atoms with van der Waals surface area (Å²) in [6.45, 7) is 8.27. The van der Waals surface area contributed by atoms with Gasteiger partial charge in [-0.2, -0.15) is 5.26 Å². The first-order chi connectivity index (χ1) is 29.7. The van der Waals surface area contributed by atoms with Crippen molar-refractivity contribution in [3.05, 3.63) is 223 Å². The molecule has 0 amide bonds. The summed E-state index contributed by atoms with van der Waals surface area (Å²) in [7, 11) is 0. The van der Waals surface area contributed by atoms with E-state index in [4.69, 9.17) is 16.5 Å². The van der Waals surface area contributed by atoms with E-state index >= 15 is 0 Å². The van der Waals surface area contributed by atoms with E-state index in [-0.39, 0.29) is 0 Å². The molecule has 8 aromatic carbocycles. The molecule has 0 radical (unpaired) electrons. The van der Waals surface area contributed by atoms with E-state index < -0.39 is 0 Å². The topological polar surface area (TPSA) is 62.1 Å². The summed E-state index contributed by atoms with van der Waals surface area (Å²) in [5, 5.41) is 12.9. The minimum absolute atomic E-state index is 0.427. The van der Waals surface area contributed by atoms with Crippen LogP contribution >= 0.6 is 0 Å². The number of benzene rings is 8. The number of anilines is 3. The highest BCUT2D eigenvalue weighted by molar-refractivity contribution is 6.10. The maximum atomic E-state index is 10.6. The van der Waals surface area contributed by atoms with Crippen molar-refractivity contribution in [3.8, 4) is 56.8 Å². The Morgan fingerprint density at radius 1 is 0.483 bits per heavy atom. The van der Waals surface area contributed by atoms with E-state index in [1.807, 2.05) is 97.1 Å². The van der Waals surface area contributed by atoms with Gasteiger partial charge >= 0.3 is 0 Å². The largest absolute Gasteiger partial charge is 0.310 e. The van der Waals surface area contributed by atoms with Crippen LogP contribution in [-0.2, 0) is 0 Å². The average molecular weight is 767 g/mol. The SMILES string of the molecule is [C-]#[N+]c1cc(-c2cc(-c3ccccc3)nc(-c3ccccc3)n2)c(C#N)cc1-c1ccc(-n2c3ccccc3c3cc(N(c4ccccc4)c4ccccc4)ccc32)cc1. The Labute approximate surface area is 348 Å². The predicted octanol–water partition coefficient (Wildman–Crippen LogP) is 14.1. The third-order valence-electron chi connectivity index (χ3n) is 10.9. The van der Waals surface area contributed by atoms with Gasteiger partial charge in [-0.3, -0.25) is 0 Å². The van der Waals surface area contributed by atoms with E-state index in [2.05, 4.69) is 124 Å². The summed E-state index contributed by atoms with van der Waals surface area (Å²) in [6, 6.07) is 71.9. The van der Waals surface area contributed by atoms with Gasteiger partial charge in [-0.1, -0.05) is 127 Å². The molecule has 0 aliphatic rings. The van der Waals surface area contributed by atoms with Crippen molar-refractivity contribution < 1.29 is 0 Å². The molecule has 6 heteroatoms. The molecule has 2 heterocycles. The first-order valence-electron chi connectivity index (χ1n) is 19.7. The Morgan fingerprint density at radius 3 is 1.72 bits per heavy atom. The molecule has 0 spiro atoms. The Hall–Kier alpha value is -8.58. The molecule has 280 valence electrons. The third-order valence-corrected chi connectivity index (χ3v) is 10.9. The minimum atomic E-state index is 0.427. The highest BCUT2D eigenvalue weighted by atomic mass is 15.1. The summed E-state index contributed by atoms with van der Waals surface area (Å²) in [5.41, 5.74) is 12.5. The quantitative estimate of drug-likeness (QED) is 0.145. The van der Waals surface area contributed by atoms with Crippen molar-refractivity contribution in [1.29, 1.82) is 5.26 Å². The van der Waals surface area contributed by atoms with Gasteiger partial charge in [0.1, 0.15) is 0 Å². The lowest BCUT2D eigenvalue weighted by Gasteiger charge is -2.25. The van der Waals surface area contributed by atoms with Gasteiger partial charge in [-0.05, 0) is 90.0 Å². The van der Waals surface area contributed by atoms with Crippen LogP contribution in [0.2, 0.25) is 0 Å². The molecule has 0 aliphatic heterocycles. The molecule has 0 bridgehead atoms. The number of nitriles is 1. The van der Waals surface area contributed by atoms with Crippen molar-refractivity contribution in [1.82, 2.24) is 14.5 Å². The Bertz CT molecular complexity index is 3160. The van der Waals surface area contributed by atoms with Gasteiger partial charge in [0.25, 0.3) is 0 Å². The zero-order valence-corrected chi connectivity index (χ0v) is 32.3. The van der Waals surface area contributed by atoms with Gasteiger partial charge in [0.05, 0.1) is 40.6 Å². The molecule has 6 nitrogen and oxygen atoms in total. The Balaban J connectivity index is 1.05. The van der Waals surface area contributed by atoms with Gasteiger partial charge in [0.15, 0.2) is 11.5 Å². The number of rotatable bonds is 8. The maximum absolute atomic E-state index is 10.6. The summed E-state index contributed by atoms with van der Waals surface area (Å²) >= 11 is 0. The molecule has 10 aromatic rings. The van der Waals surface area contributed by atoms with Crippen LogP contribution in [0, 0.1) is 17.9 Å². The zero-order chi connectivity index (χ0) is 40.4. The number of fused-ring (bicyclic) bond motifs is 3. The summed E-state index contributed by atoms with van der Waals surface area (Å²) in [6.07, 6.45) is 0. The molecule has 0 atom stereocenters. The lowest BCUT2D eigenvalue weighted by Crippen LogP contribution is -2.09. The van der Waals surface area contributed by atoms with Crippen LogP contribution in [0.1, 0.15) is 5.56 Å². The van der Waals surface area contributed by atoms with Gasteiger partial charge < -0.3 is 9.47 Å². The molecule has 0 N–H and O–H groups in total. The lowest BCUT2D eigenvalue weighted by molar-refractivity contribution is 1.18. The van der Waals surface area contributed by atoms with Crippen LogP contribution in [0.5, 0.6) is 0 Å². The number of hydrogen-bond donors (Lipinski definition) is 0. The fraction of sp³-hybridized carbons (Fsp3) is 0. The Morgan fingerprint density at radius 2 is 1.07 bits per heavy atom. The molecular formula is C54H34N6. The van der Waals surface area contributed by atoms with Crippen LogP contribution in [-0.4, -0.2) is 14.5 Å². The summed E-state index contributed by atoms with van der Waals surface area (Å²) < 4.78 is 2.29. The number of aromatic nitrogens is 3. The average Bonchev–Trinajstić information content (AvgIpc) is 3.66. The summed E-state index contributed by atoms with van der Waals surface area (Å²) in [4.78, 5) is 16.1. The highest BCUT2D eigenvalue weighted by Gasteiger charge is 2.20. The maximum Gasteiger partial charge on any atom is 0.195 e. The molecular weight excluding hydrogens is 733 g/mol. The number of hydrogen-bond acceptors (Lipinski definition) is 4. The smallest absolute Gasteiger partial charge is 0.195 e. The number of nitrogens with zero attached hydrogens (tertiary/aromatic N) is 6. The van der Waals surface area contributed by atoms with E-state index in [1.54, 1.807) is 6.07 Å². The highest BCUT2D eigenvalue weighted by Crippen LogP contribution is 2.41. The number of para-hydroxylation sites is 3. The fourth-order valence-electron chi connectivity index (χ4n) is 8.04. The first-order valence-corrected chi connectivity index (χ1v) is 19.7. The normalized spacial score (nSPS) is 11.0. The van der Waals surface area contributed by atoms with Crippen LogP contribution in [0.4, 0.5) is 22.7 Å². The molecule has 0 fully saturated rings. The standard InChI is InChI=1S/C54H34N6/c1-56-50-34-47(51-35-49(38-16-6-2-7-17-38)57-54(58-51)39-18-8-3-9-19-39)40(36-55)32-46(50)37-26-28-43(29-27-37)60-52-25-15-14-24-45(52)48-33-44(30-31-53(48)60)59(41-20-10-4-11-21-41)42-22-12-5-13-23-42/h2-35H. The van der Waals surface area contributed by atoms with Crippen molar-refractivity contribution in [3.63, 3.8) is 0 Å². The lowest BCUT2D eigenvalue weighted by atomic mass is 9.95. The molecule has 0 saturated heterocycles. The van der Waals surface area contributed by atoms with Crippen LogP contribution in [0.3, 0.4) is 0 Å². The van der Waals surface area contributed by atoms with Gasteiger partial charge in [-0.25, -0.2) is 14.8 Å². The van der Waals surface area contributed by atoms with E-state index in [0.29, 0.717) is 33.9 Å². The molecule has 2 aromatic heterocycles. The van der Waals surface area contributed by atoms with Gasteiger partial charge in [0, 0.05) is 50.2 Å². The van der Waals surface area contributed by atoms with E-state index in [0.717, 1.165) is 66.9 Å². The van der Waals surface area contributed by atoms with Crippen LogP contribution in [0.25, 0.3) is 77.4 Å². The van der Waals surface area contributed by atoms with Gasteiger partial charge in [0.2, 0.25) is 0 Å². The third kappa shape index (κ3) is 6.51. The first kappa shape index (κ1) is 35.8. The van der Waals surface area contributed by atoms with Crippen molar-refractivity contribution in [2.75, 3.05) is 4.90 Å². The second kappa shape index (κ2) is 15.4. The molecule has 60 heavy (non-hydrogen) atoms. The molecule has 0 saturated carbocycles. The second-order valence-electron chi connectivity index (χ2n) is 14.4. The van der Waals surface area contributed by atoms with Crippen LogP contribution < -0.4 is 4.90 Å². The molecule has 0 aliphatic carbocycles. The minimum Gasteiger partial charge on any atom is -0.310 e. The summed E-state index contributed by atoms with van der Waals surface area (Å²) in [5.74, 6) is 0.547. The second-order valence-corrected chi connectivity index (χ2v) is 14.4. The van der Waals surface area contributed by atoms with E-state index in [1.165, 1.54) is 0 Å².